The smallest absolute Gasteiger partial charge is 0.286 e. The van der Waals surface area contributed by atoms with Crippen molar-refractivity contribution in [1.29, 1.82) is 0 Å². The molecule has 8 nitrogen and oxygen atoms in total. The van der Waals surface area contributed by atoms with Gasteiger partial charge in [-0.05, 0) is 38.0 Å². The van der Waals surface area contributed by atoms with Gasteiger partial charge in [-0.25, -0.2) is 0 Å². The number of fused-ring (bicyclic) bond motifs is 1. The largest absolute Gasteiger partial charge is 0.464 e. The number of aliphatic hydroxyl groups is 1. The zero-order valence-corrected chi connectivity index (χ0v) is 17.8. The molecule has 0 bridgehead atoms. The Labute approximate surface area is 180 Å². The minimum Gasteiger partial charge on any atom is -0.464 e. The molecular weight excluding hydrogens is 402 g/mol. The van der Waals surface area contributed by atoms with Crippen LogP contribution in [0.4, 0.5) is 0 Å². The maximum atomic E-state index is 13.3. The number of methoxy groups -OCH3 is 1. The Morgan fingerprint density at radius 2 is 2.10 bits per heavy atom. The van der Waals surface area contributed by atoms with Crippen LogP contribution in [0.3, 0.4) is 0 Å². The number of carbonyl (C=O) groups is 1. The van der Waals surface area contributed by atoms with Crippen molar-refractivity contribution in [3.8, 4) is 0 Å². The second-order valence-electron chi connectivity index (χ2n) is 7.29. The monoisotopic (exact) mass is 431 g/mol. The lowest BCUT2D eigenvalue weighted by Gasteiger charge is -2.36. The van der Waals surface area contributed by atoms with Crippen molar-refractivity contribution >= 4 is 16.9 Å². The molecule has 1 aromatic heterocycles. The third-order valence-electron chi connectivity index (χ3n) is 5.29. The Kier molecular flexibility index (Phi) is 8.22. The summed E-state index contributed by atoms with van der Waals surface area (Å²) in [6.07, 6.45) is 3.43. The zero-order chi connectivity index (χ0) is 22.2. The number of para-hydroxylation sites is 1. The highest BCUT2D eigenvalue weighted by Crippen LogP contribution is 2.38. The molecule has 0 spiro atoms. The van der Waals surface area contributed by atoms with Gasteiger partial charge < -0.3 is 29.1 Å². The third-order valence-corrected chi connectivity index (χ3v) is 5.29. The number of carbonyl (C=O) groups excluding carboxylic acids is 1. The summed E-state index contributed by atoms with van der Waals surface area (Å²) in [5.74, 6) is -1.06. The molecule has 31 heavy (non-hydrogen) atoms. The van der Waals surface area contributed by atoms with Gasteiger partial charge in [0.05, 0.1) is 18.3 Å². The Bertz CT molecular complexity index is 968. The summed E-state index contributed by atoms with van der Waals surface area (Å²) in [6, 6.07) is 7.04. The highest BCUT2D eigenvalue weighted by molar-refractivity contribution is 5.91. The highest BCUT2D eigenvalue weighted by Gasteiger charge is 2.39. The number of rotatable bonds is 10. The third kappa shape index (κ3) is 5.33. The van der Waals surface area contributed by atoms with E-state index in [1.807, 2.05) is 6.92 Å². The summed E-state index contributed by atoms with van der Waals surface area (Å²) in [7, 11) is 1.55. The molecule has 0 saturated carbocycles. The molecule has 2 N–H and O–H groups in total. The number of allylic oxidation sites excluding steroid dienone is 1. The first-order chi connectivity index (χ1) is 15.1. The molecule has 1 aromatic carbocycles. The highest BCUT2D eigenvalue weighted by atomic mass is 16.7. The van der Waals surface area contributed by atoms with Gasteiger partial charge in [0.2, 0.25) is 6.29 Å². The van der Waals surface area contributed by atoms with Crippen molar-refractivity contribution < 1.29 is 28.5 Å². The van der Waals surface area contributed by atoms with Crippen molar-refractivity contribution in [3.05, 3.63) is 58.2 Å². The standard InChI is InChI=1S/C23H29NO7/c1-3-29-23-15(8-6-11-25)17(13-20(31-23)22(27)24-10-12-28-2)18-14-30-19-9-5-4-7-16(19)21(18)26/h4-5,7,9,13-15,17,23,25H,3,6,8,10-12H2,1-2H3,(H,24,27)/t15-,17-,23+/m1/s1. The van der Waals surface area contributed by atoms with Crippen LogP contribution in [0.15, 0.2) is 51.6 Å². The van der Waals surface area contributed by atoms with Crippen LogP contribution in [0.25, 0.3) is 11.0 Å². The lowest BCUT2D eigenvalue weighted by molar-refractivity contribution is -0.166. The van der Waals surface area contributed by atoms with E-state index in [2.05, 4.69) is 5.32 Å². The summed E-state index contributed by atoms with van der Waals surface area (Å²) in [4.78, 5) is 25.9. The predicted octanol–water partition coefficient (Wildman–Crippen LogP) is 2.30. The van der Waals surface area contributed by atoms with Gasteiger partial charge in [-0.2, -0.15) is 0 Å². The molecule has 3 atom stereocenters. The average Bonchev–Trinajstić information content (AvgIpc) is 2.78. The van der Waals surface area contributed by atoms with Gasteiger partial charge in [-0.15, -0.1) is 0 Å². The molecule has 1 aliphatic heterocycles. The van der Waals surface area contributed by atoms with Crippen molar-refractivity contribution in [2.24, 2.45) is 5.92 Å². The van der Waals surface area contributed by atoms with Crippen LogP contribution in [0.1, 0.15) is 31.2 Å². The van der Waals surface area contributed by atoms with E-state index in [0.717, 1.165) is 0 Å². The number of aliphatic hydroxyl groups excluding tert-OH is 1. The van der Waals surface area contributed by atoms with Crippen LogP contribution in [0.2, 0.25) is 0 Å². The molecule has 0 fully saturated rings. The van der Waals surface area contributed by atoms with E-state index >= 15 is 0 Å². The number of hydrogen-bond acceptors (Lipinski definition) is 7. The molecule has 3 rings (SSSR count). The normalized spacial score (nSPS) is 20.9. The zero-order valence-electron chi connectivity index (χ0n) is 17.8. The van der Waals surface area contributed by atoms with Crippen LogP contribution in [-0.2, 0) is 19.0 Å². The van der Waals surface area contributed by atoms with E-state index in [9.17, 15) is 14.7 Å². The molecule has 1 amide bonds. The Hall–Kier alpha value is -2.68. The molecule has 0 unspecified atom stereocenters. The molecule has 0 aliphatic carbocycles. The summed E-state index contributed by atoms with van der Waals surface area (Å²) in [5, 5.41) is 12.6. The average molecular weight is 431 g/mol. The Morgan fingerprint density at radius 1 is 1.29 bits per heavy atom. The lowest BCUT2D eigenvalue weighted by Crippen LogP contribution is -2.40. The minimum absolute atomic E-state index is 0.00245. The van der Waals surface area contributed by atoms with Crippen molar-refractivity contribution in [2.75, 3.05) is 33.5 Å². The lowest BCUT2D eigenvalue weighted by atomic mass is 9.81. The maximum Gasteiger partial charge on any atom is 0.286 e. The van der Waals surface area contributed by atoms with Crippen LogP contribution >= 0.6 is 0 Å². The first-order valence-corrected chi connectivity index (χ1v) is 10.5. The van der Waals surface area contributed by atoms with E-state index < -0.39 is 18.1 Å². The summed E-state index contributed by atoms with van der Waals surface area (Å²) >= 11 is 0. The topological polar surface area (TPSA) is 107 Å². The maximum absolute atomic E-state index is 13.3. The SMILES string of the molecule is CCO[C@H]1OC(C(=O)NCCOC)=C[C@@H](c2coc3ccccc3c2=O)[C@H]1CCCO. The van der Waals surface area contributed by atoms with Gasteiger partial charge in [0.25, 0.3) is 5.91 Å². The number of hydrogen-bond donors (Lipinski definition) is 2. The molecule has 168 valence electrons. The number of nitrogens with one attached hydrogen (secondary N) is 1. The van der Waals surface area contributed by atoms with Crippen LogP contribution < -0.4 is 10.7 Å². The predicted molar refractivity (Wildman–Crippen MR) is 115 cm³/mol. The second kappa shape index (κ2) is 11.1. The van der Waals surface area contributed by atoms with Gasteiger partial charge in [0.1, 0.15) is 5.58 Å². The first kappa shape index (κ1) is 23.0. The molecule has 0 radical (unpaired) electrons. The fourth-order valence-electron chi connectivity index (χ4n) is 3.80. The summed E-state index contributed by atoms with van der Waals surface area (Å²) in [5.41, 5.74) is 0.767. The number of amides is 1. The summed E-state index contributed by atoms with van der Waals surface area (Å²) in [6.45, 7) is 2.90. The van der Waals surface area contributed by atoms with Crippen LogP contribution in [0.5, 0.6) is 0 Å². The quantitative estimate of drug-likeness (QED) is 0.556. The van der Waals surface area contributed by atoms with E-state index in [-0.39, 0.29) is 23.7 Å². The first-order valence-electron chi connectivity index (χ1n) is 10.5. The fraction of sp³-hybridized carbons (Fsp3) is 0.478. The molecule has 2 heterocycles. The van der Waals surface area contributed by atoms with E-state index in [0.29, 0.717) is 49.1 Å². The van der Waals surface area contributed by atoms with Crippen molar-refractivity contribution in [3.63, 3.8) is 0 Å². The summed E-state index contributed by atoms with van der Waals surface area (Å²) < 4.78 is 22.4. The molecule has 2 aromatic rings. The van der Waals surface area contributed by atoms with Crippen LogP contribution in [0, 0.1) is 5.92 Å². The minimum atomic E-state index is -0.736. The van der Waals surface area contributed by atoms with E-state index in [1.165, 1.54) is 6.26 Å². The van der Waals surface area contributed by atoms with Gasteiger partial charge >= 0.3 is 0 Å². The second-order valence-corrected chi connectivity index (χ2v) is 7.29. The fourth-order valence-corrected chi connectivity index (χ4v) is 3.80. The molecule has 0 saturated heterocycles. The van der Waals surface area contributed by atoms with E-state index in [1.54, 1.807) is 37.5 Å². The van der Waals surface area contributed by atoms with Gasteiger partial charge in [0.15, 0.2) is 11.2 Å². The van der Waals surface area contributed by atoms with Gasteiger partial charge in [-0.3, -0.25) is 9.59 Å². The molecule has 8 heteroatoms. The van der Waals surface area contributed by atoms with Crippen molar-refractivity contribution in [2.45, 2.75) is 32.0 Å². The van der Waals surface area contributed by atoms with E-state index in [4.69, 9.17) is 18.6 Å². The van der Waals surface area contributed by atoms with Crippen LogP contribution in [-0.4, -0.2) is 50.8 Å². The molecular formula is C23H29NO7. The Morgan fingerprint density at radius 3 is 2.84 bits per heavy atom. The van der Waals surface area contributed by atoms with Crippen molar-refractivity contribution in [1.82, 2.24) is 5.32 Å². The number of benzene rings is 1. The van der Waals surface area contributed by atoms with Gasteiger partial charge in [0, 0.05) is 44.3 Å². The van der Waals surface area contributed by atoms with Gasteiger partial charge in [-0.1, -0.05) is 12.1 Å². The Balaban J connectivity index is 2.04. The number of ether oxygens (including phenoxy) is 3. The molecule has 1 aliphatic rings.